The molecule has 0 saturated heterocycles. The molecule has 0 unspecified atom stereocenters. The minimum absolute atomic E-state index is 0.0476. The van der Waals surface area contributed by atoms with Crippen molar-refractivity contribution >= 4 is 22.5 Å². The molecule has 0 aliphatic rings. The molecule has 4 rings (SSSR count). The summed E-state index contributed by atoms with van der Waals surface area (Å²) in [6.45, 7) is 2.64. The number of aryl methyl sites for hydroxylation is 1. The average molecular weight is 372 g/mol. The van der Waals surface area contributed by atoms with E-state index >= 15 is 0 Å². The Morgan fingerprint density at radius 3 is 2.43 bits per heavy atom. The van der Waals surface area contributed by atoms with Crippen LogP contribution < -0.4 is 5.32 Å². The Balaban J connectivity index is 1.57. The molecule has 3 aromatic carbocycles. The van der Waals surface area contributed by atoms with Crippen molar-refractivity contribution in [3.8, 4) is 0 Å². The number of hydrogen-bond acceptors (Lipinski definition) is 1. The lowest BCUT2D eigenvalue weighted by Crippen LogP contribution is -2.14. The summed E-state index contributed by atoms with van der Waals surface area (Å²) in [4.78, 5) is 12.6. The van der Waals surface area contributed by atoms with Gasteiger partial charge in [-0.3, -0.25) is 4.79 Å². The number of fused-ring (bicyclic) bond motifs is 1. The topological polar surface area (TPSA) is 34.0 Å². The van der Waals surface area contributed by atoms with Gasteiger partial charge in [-0.15, -0.1) is 0 Å². The fourth-order valence-corrected chi connectivity index (χ4v) is 3.40. The Hall–Kier alpha value is -3.40. The van der Waals surface area contributed by atoms with Gasteiger partial charge in [0.2, 0.25) is 5.91 Å². The number of halogens is 1. The van der Waals surface area contributed by atoms with Crippen molar-refractivity contribution in [2.45, 2.75) is 19.9 Å². The Morgan fingerprint density at radius 1 is 0.964 bits per heavy atom. The van der Waals surface area contributed by atoms with E-state index in [0.29, 0.717) is 13.0 Å². The number of anilines is 1. The highest BCUT2D eigenvalue weighted by Crippen LogP contribution is 2.23. The van der Waals surface area contributed by atoms with E-state index in [4.69, 9.17) is 0 Å². The molecule has 28 heavy (non-hydrogen) atoms. The minimum Gasteiger partial charge on any atom is -0.343 e. The third-order valence-corrected chi connectivity index (χ3v) is 4.82. The van der Waals surface area contributed by atoms with E-state index in [-0.39, 0.29) is 11.7 Å². The quantitative estimate of drug-likeness (QED) is 0.505. The lowest BCUT2D eigenvalue weighted by atomic mass is 10.1. The van der Waals surface area contributed by atoms with Crippen LogP contribution in [0.3, 0.4) is 0 Å². The summed E-state index contributed by atoms with van der Waals surface area (Å²) < 4.78 is 15.3. The number of amides is 1. The lowest BCUT2D eigenvalue weighted by Gasteiger charge is -2.05. The maximum atomic E-state index is 13.2. The molecular formula is C24H21FN2O. The van der Waals surface area contributed by atoms with Gasteiger partial charge < -0.3 is 9.88 Å². The number of nitrogens with one attached hydrogen (secondary N) is 1. The van der Waals surface area contributed by atoms with Crippen LogP contribution in [0.5, 0.6) is 0 Å². The summed E-state index contributed by atoms with van der Waals surface area (Å²) >= 11 is 0. The summed E-state index contributed by atoms with van der Waals surface area (Å²) in [5.41, 5.74) is 5.00. The van der Waals surface area contributed by atoms with Crippen LogP contribution in [0.25, 0.3) is 10.9 Å². The molecule has 1 amide bonds. The number of para-hydroxylation sites is 1. The van der Waals surface area contributed by atoms with Crippen molar-refractivity contribution in [3.05, 3.63) is 102 Å². The zero-order chi connectivity index (χ0) is 19.5. The zero-order valence-electron chi connectivity index (χ0n) is 15.7. The van der Waals surface area contributed by atoms with Crippen molar-refractivity contribution in [2.75, 3.05) is 5.32 Å². The van der Waals surface area contributed by atoms with Crippen LogP contribution in [0, 0.1) is 12.7 Å². The molecule has 1 aromatic heterocycles. The predicted molar refractivity (Wildman–Crippen MR) is 111 cm³/mol. The van der Waals surface area contributed by atoms with Gasteiger partial charge in [-0.2, -0.15) is 0 Å². The van der Waals surface area contributed by atoms with Gasteiger partial charge >= 0.3 is 0 Å². The maximum Gasteiger partial charge on any atom is 0.228 e. The van der Waals surface area contributed by atoms with Gasteiger partial charge in [0.1, 0.15) is 5.82 Å². The second-order valence-electron chi connectivity index (χ2n) is 7.02. The first-order valence-electron chi connectivity index (χ1n) is 9.26. The van der Waals surface area contributed by atoms with Crippen LogP contribution in [0.4, 0.5) is 10.1 Å². The monoisotopic (exact) mass is 372 g/mol. The highest BCUT2D eigenvalue weighted by molar-refractivity contribution is 5.96. The first-order chi connectivity index (χ1) is 13.6. The lowest BCUT2D eigenvalue weighted by molar-refractivity contribution is -0.115. The molecule has 4 heteroatoms. The zero-order valence-corrected chi connectivity index (χ0v) is 15.7. The van der Waals surface area contributed by atoms with Gasteiger partial charge in [-0.1, -0.05) is 48.0 Å². The van der Waals surface area contributed by atoms with Gasteiger partial charge in [0.15, 0.2) is 0 Å². The van der Waals surface area contributed by atoms with Crippen molar-refractivity contribution in [1.82, 2.24) is 4.57 Å². The summed E-state index contributed by atoms with van der Waals surface area (Å²) in [5, 5.41) is 4.02. The minimum atomic E-state index is -0.241. The summed E-state index contributed by atoms with van der Waals surface area (Å²) in [5.74, 6) is -0.289. The SMILES string of the molecule is Cc1ccc(NC(=O)Cc2cn(Cc3ccc(F)cc3)c3ccccc23)cc1. The highest BCUT2D eigenvalue weighted by Gasteiger charge is 2.12. The van der Waals surface area contributed by atoms with Gasteiger partial charge in [0.05, 0.1) is 6.42 Å². The van der Waals surface area contributed by atoms with Crippen molar-refractivity contribution in [1.29, 1.82) is 0 Å². The molecule has 4 aromatic rings. The molecule has 0 aliphatic carbocycles. The molecule has 1 N–H and O–H groups in total. The smallest absolute Gasteiger partial charge is 0.228 e. The highest BCUT2D eigenvalue weighted by atomic mass is 19.1. The second-order valence-corrected chi connectivity index (χ2v) is 7.02. The Labute approximate surface area is 163 Å². The molecule has 0 spiro atoms. The van der Waals surface area contributed by atoms with E-state index in [1.54, 1.807) is 12.1 Å². The number of hydrogen-bond donors (Lipinski definition) is 1. The Bertz CT molecular complexity index is 1110. The van der Waals surface area contributed by atoms with E-state index in [1.807, 2.05) is 61.7 Å². The van der Waals surface area contributed by atoms with Gasteiger partial charge in [0, 0.05) is 29.3 Å². The molecule has 0 saturated carbocycles. The third-order valence-electron chi connectivity index (χ3n) is 4.82. The van der Waals surface area contributed by atoms with Crippen molar-refractivity contribution in [2.24, 2.45) is 0 Å². The maximum absolute atomic E-state index is 13.2. The van der Waals surface area contributed by atoms with E-state index in [2.05, 4.69) is 9.88 Å². The van der Waals surface area contributed by atoms with E-state index in [0.717, 1.165) is 33.3 Å². The molecule has 0 bridgehead atoms. The summed E-state index contributed by atoms with van der Waals surface area (Å²) in [7, 11) is 0. The molecule has 0 radical (unpaired) electrons. The number of carbonyl (C=O) groups excluding carboxylic acids is 1. The number of nitrogens with zero attached hydrogens (tertiary/aromatic N) is 1. The van der Waals surface area contributed by atoms with Crippen LogP contribution >= 0.6 is 0 Å². The largest absolute Gasteiger partial charge is 0.343 e. The first kappa shape index (κ1) is 18.0. The fraction of sp³-hybridized carbons (Fsp3) is 0.125. The van der Waals surface area contributed by atoms with E-state index in [9.17, 15) is 9.18 Å². The van der Waals surface area contributed by atoms with Crippen LogP contribution in [-0.2, 0) is 17.8 Å². The first-order valence-corrected chi connectivity index (χ1v) is 9.26. The standard InChI is InChI=1S/C24H21FN2O/c1-17-6-12-21(13-7-17)26-24(28)14-19-16-27(23-5-3-2-4-22(19)23)15-18-8-10-20(25)11-9-18/h2-13,16H,14-15H2,1H3,(H,26,28). The Morgan fingerprint density at radius 2 is 1.68 bits per heavy atom. The number of aromatic nitrogens is 1. The Kier molecular flexibility index (Phi) is 4.94. The molecule has 0 fully saturated rings. The second kappa shape index (κ2) is 7.69. The number of rotatable bonds is 5. The van der Waals surface area contributed by atoms with Crippen molar-refractivity contribution in [3.63, 3.8) is 0 Å². The molecule has 0 atom stereocenters. The molecule has 140 valence electrons. The van der Waals surface area contributed by atoms with Crippen LogP contribution in [0.1, 0.15) is 16.7 Å². The van der Waals surface area contributed by atoms with Crippen LogP contribution in [0.15, 0.2) is 79.0 Å². The fourth-order valence-electron chi connectivity index (χ4n) is 3.40. The predicted octanol–water partition coefficient (Wildman–Crippen LogP) is 5.32. The van der Waals surface area contributed by atoms with Gasteiger partial charge in [0.25, 0.3) is 0 Å². The normalized spacial score (nSPS) is 10.9. The van der Waals surface area contributed by atoms with Crippen molar-refractivity contribution < 1.29 is 9.18 Å². The summed E-state index contributed by atoms with van der Waals surface area (Å²) in [6, 6.07) is 22.3. The average Bonchev–Trinajstić information content (AvgIpc) is 3.03. The summed E-state index contributed by atoms with van der Waals surface area (Å²) in [6.07, 6.45) is 2.31. The number of carbonyl (C=O) groups is 1. The van der Waals surface area contributed by atoms with E-state index < -0.39 is 0 Å². The number of benzene rings is 3. The molecule has 1 heterocycles. The van der Waals surface area contributed by atoms with Gasteiger partial charge in [-0.25, -0.2) is 4.39 Å². The van der Waals surface area contributed by atoms with Crippen LogP contribution in [-0.4, -0.2) is 10.5 Å². The van der Waals surface area contributed by atoms with E-state index in [1.165, 1.54) is 12.1 Å². The molecule has 0 aliphatic heterocycles. The third kappa shape index (κ3) is 3.96. The molecule has 3 nitrogen and oxygen atoms in total. The van der Waals surface area contributed by atoms with Crippen LogP contribution in [0.2, 0.25) is 0 Å². The molecular weight excluding hydrogens is 351 g/mol. The van der Waals surface area contributed by atoms with Gasteiger partial charge in [-0.05, 0) is 48.4 Å².